The van der Waals surface area contributed by atoms with Gasteiger partial charge in [0.1, 0.15) is 0 Å². The van der Waals surface area contributed by atoms with E-state index in [1.54, 1.807) is 0 Å². The third-order valence-corrected chi connectivity index (χ3v) is 15.1. The molecule has 0 saturated heterocycles. The molecule has 0 radical (unpaired) electrons. The molecule has 0 amide bonds. The second kappa shape index (κ2) is 11.3. The quantitative estimate of drug-likeness (QED) is 0.242. The topological polar surface area (TPSA) is 22.1 Å². The van der Waals surface area contributed by atoms with Crippen molar-refractivity contribution in [1.29, 1.82) is 0 Å². The molecular formula is C35H49F4NOSi. The van der Waals surface area contributed by atoms with Crippen LogP contribution in [0.3, 0.4) is 0 Å². The highest BCUT2D eigenvalue weighted by atomic mass is 28.4. The summed E-state index contributed by atoms with van der Waals surface area (Å²) in [7, 11) is -2.19. The molecule has 2 nitrogen and oxygen atoms in total. The van der Waals surface area contributed by atoms with Crippen molar-refractivity contribution in [3.8, 4) is 0 Å². The number of halogens is 4. The Balaban J connectivity index is 1.74. The lowest BCUT2D eigenvalue weighted by atomic mass is 9.70. The number of rotatable bonds is 6. The first-order chi connectivity index (χ1) is 19.5. The van der Waals surface area contributed by atoms with E-state index in [1.807, 2.05) is 0 Å². The van der Waals surface area contributed by atoms with Crippen LogP contribution in [0.5, 0.6) is 0 Å². The van der Waals surface area contributed by atoms with Crippen molar-refractivity contribution in [2.24, 2.45) is 5.41 Å². The molecule has 0 bridgehead atoms. The molecule has 3 aliphatic rings. The predicted octanol–water partition coefficient (Wildman–Crippen LogP) is 11.5. The maximum absolute atomic E-state index is 17.1. The first kappa shape index (κ1) is 31.7. The molecule has 232 valence electrons. The minimum absolute atomic E-state index is 0.00299. The molecule has 5 rings (SSSR count). The molecule has 2 aromatic rings. The van der Waals surface area contributed by atoms with Crippen LogP contribution in [0.15, 0.2) is 24.3 Å². The van der Waals surface area contributed by atoms with Gasteiger partial charge in [0.25, 0.3) is 0 Å². The van der Waals surface area contributed by atoms with Crippen LogP contribution in [0.25, 0.3) is 0 Å². The first-order valence-corrected chi connectivity index (χ1v) is 18.9. The molecule has 7 heteroatoms. The number of benzene rings is 1. The molecule has 0 N–H and O–H groups in total. The summed E-state index contributed by atoms with van der Waals surface area (Å²) in [6, 6.07) is 4.70. The third kappa shape index (κ3) is 6.24. The van der Waals surface area contributed by atoms with Crippen molar-refractivity contribution in [2.75, 3.05) is 0 Å². The summed E-state index contributed by atoms with van der Waals surface area (Å²) >= 11 is 0. The normalized spacial score (nSPS) is 22.9. The monoisotopic (exact) mass is 603 g/mol. The number of nitrogens with zero attached hydrogens (tertiary/aromatic N) is 1. The van der Waals surface area contributed by atoms with Crippen LogP contribution in [0, 0.1) is 5.41 Å². The van der Waals surface area contributed by atoms with Gasteiger partial charge in [-0.2, -0.15) is 13.2 Å². The van der Waals surface area contributed by atoms with Crippen LogP contribution in [0.2, 0.25) is 18.1 Å². The van der Waals surface area contributed by atoms with E-state index in [0.29, 0.717) is 5.56 Å². The zero-order chi connectivity index (χ0) is 30.7. The molecule has 42 heavy (non-hydrogen) atoms. The average molecular weight is 604 g/mol. The van der Waals surface area contributed by atoms with E-state index in [2.05, 4.69) is 47.7 Å². The summed E-state index contributed by atoms with van der Waals surface area (Å²) < 4.78 is 64.5. The Hall–Kier alpha value is -1.73. The molecule has 2 fully saturated rings. The highest BCUT2D eigenvalue weighted by molar-refractivity contribution is 6.74. The maximum atomic E-state index is 17.1. The Labute approximate surface area is 251 Å². The summed E-state index contributed by atoms with van der Waals surface area (Å²) in [5.41, 5.74) is 4.31. The molecule has 0 aliphatic heterocycles. The van der Waals surface area contributed by atoms with Gasteiger partial charge in [-0.3, -0.25) is 4.98 Å². The molecule has 1 aromatic carbocycles. The van der Waals surface area contributed by atoms with E-state index in [0.717, 1.165) is 98.9 Å². The highest BCUT2D eigenvalue weighted by Gasteiger charge is 2.46. The summed E-state index contributed by atoms with van der Waals surface area (Å²) in [6.07, 6.45) is 3.92. The van der Waals surface area contributed by atoms with Gasteiger partial charge in [-0.15, -0.1) is 0 Å². The van der Waals surface area contributed by atoms with Crippen LogP contribution in [0.4, 0.5) is 17.6 Å². The summed E-state index contributed by atoms with van der Waals surface area (Å²) in [5.74, 6) is 0.402. The SMILES string of the molecule is CC1(C)Cc2nc(C3CCCC3)c(C(F)c3ccc(C(F)(F)F)cc3)c(C3CCCC3)c2[C@@H](O[Si](C)(C)C(C)(C)C)C1. The van der Waals surface area contributed by atoms with Gasteiger partial charge in [0, 0.05) is 22.7 Å². The van der Waals surface area contributed by atoms with E-state index in [-0.39, 0.29) is 34.0 Å². The molecule has 1 heterocycles. The van der Waals surface area contributed by atoms with Crippen LogP contribution < -0.4 is 0 Å². The van der Waals surface area contributed by atoms with Crippen LogP contribution in [-0.2, 0) is 17.0 Å². The van der Waals surface area contributed by atoms with E-state index < -0.39 is 26.2 Å². The highest BCUT2D eigenvalue weighted by Crippen LogP contribution is 2.54. The van der Waals surface area contributed by atoms with Gasteiger partial charge < -0.3 is 4.43 Å². The van der Waals surface area contributed by atoms with Crippen molar-refractivity contribution >= 4 is 8.32 Å². The van der Waals surface area contributed by atoms with Crippen molar-refractivity contribution in [2.45, 2.75) is 147 Å². The van der Waals surface area contributed by atoms with E-state index >= 15 is 4.39 Å². The maximum Gasteiger partial charge on any atom is 0.416 e. The van der Waals surface area contributed by atoms with Gasteiger partial charge in [0.05, 0.1) is 17.4 Å². The zero-order valence-electron chi connectivity index (χ0n) is 26.6. The van der Waals surface area contributed by atoms with Crippen molar-refractivity contribution in [3.05, 3.63) is 63.5 Å². The largest absolute Gasteiger partial charge is 0.416 e. The number of fused-ring (bicyclic) bond motifs is 1. The zero-order valence-corrected chi connectivity index (χ0v) is 27.6. The second-order valence-electron chi connectivity index (χ2n) is 15.5. The van der Waals surface area contributed by atoms with Crippen molar-refractivity contribution < 1.29 is 22.0 Å². The van der Waals surface area contributed by atoms with E-state index in [4.69, 9.17) is 9.41 Å². The van der Waals surface area contributed by atoms with Gasteiger partial charge in [0.15, 0.2) is 14.5 Å². The van der Waals surface area contributed by atoms with E-state index in [1.165, 1.54) is 12.1 Å². The fourth-order valence-corrected chi connectivity index (χ4v) is 8.67. The van der Waals surface area contributed by atoms with Gasteiger partial charge in [0.2, 0.25) is 0 Å². The molecule has 1 unspecified atom stereocenters. The third-order valence-electron chi connectivity index (χ3n) is 10.7. The fraction of sp³-hybridized carbons (Fsp3) is 0.686. The average Bonchev–Trinajstić information content (AvgIpc) is 3.60. The number of aromatic nitrogens is 1. The lowest BCUT2D eigenvalue weighted by molar-refractivity contribution is -0.137. The molecule has 2 saturated carbocycles. The van der Waals surface area contributed by atoms with E-state index in [9.17, 15) is 13.2 Å². The van der Waals surface area contributed by atoms with Gasteiger partial charge in [-0.25, -0.2) is 4.39 Å². The second-order valence-corrected chi connectivity index (χ2v) is 20.3. The Kier molecular flexibility index (Phi) is 8.54. The predicted molar refractivity (Wildman–Crippen MR) is 164 cm³/mol. The van der Waals surface area contributed by atoms with Crippen LogP contribution in [0.1, 0.15) is 156 Å². The number of alkyl halides is 4. The lowest BCUT2D eigenvalue weighted by Gasteiger charge is -2.45. The Morgan fingerprint density at radius 2 is 1.43 bits per heavy atom. The molecule has 2 atom stereocenters. The summed E-state index contributed by atoms with van der Waals surface area (Å²) in [4.78, 5) is 5.38. The van der Waals surface area contributed by atoms with Crippen LogP contribution >= 0.6 is 0 Å². The summed E-state index contributed by atoms with van der Waals surface area (Å²) in [6.45, 7) is 15.9. The fourth-order valence-electron chi connectivity index (χ4n) is 7.40. The summed E-state index contributed by atoms with van der Waals surface area (Å²) in [5, 5.41) is 0.0190. The molecule has 3 aliphatic carbocycles. The Morgan fingerprint density at radius 1 is 0.881 bits per heavy atom. The van der Waals surface area contributed by atoms with Crippen molar-refractivity contribution in [1.82, 2.24) is 4.98 Å². The molecule has 1 aromatic heterocycles. The first-order valence-electron chi connectivity index (χ1n) is 16.0. The standard InChI is InChI=1S/C35H49F4NOSi/c1-33(2,3)42(6,7)41-27-21-34(4,5)20-26-29(27)28(22-12-8-9-13-22)30(32(40-26)24-14-10-11-15-24)31(36)23-16-18-25(19-17-23)35(37,38)39/h16-19,22,24,27,31H,8-15,20-21H2,1-7H3/t27-,31?/m0/s1. The Bertz CT molecular complexity index is 1270. The minimum Gasteiger partial charge on any atom is -0.410 e. The van der Waals surface area contributed by atoms with Gasteiger partial charge in [-0.1, -0.05) is 72.4 Å². The molecular weight excluding hydrogens is 554 g/mol. The number of hydrogen-bond acceptors (Lipinski definition) is 2. The number of pyridine rings is 1. The van der Waals surface area contributed by atoms with Gasteiger partial charge >= 0.3 is 6.18 Å². The number of hydrogen-bond donors (Lipinski definition) is 0. The minimum atomic E-state index is -4.46. The lowest BCUT2D eigenvalue weighted by Crippen LogP contribution is -2.44. The van der Waals surface area contributed by atoms with Gasteiger partial charge in [-0.05, 0) is 91.2 Å². The van der Waals surface area contributed by atoms with Crippen molar-refractivity contribution in [3.63, 3.8) is 0 Å². The smallest absolute Gasteiger partial charge is 0.410 e. The van der Waals surface area contributed by atoms with Crippen LogP contribution in [-0.4, -0.2) is 13.3 Å². The Morgan fingerprint density at radius 3 is 1.95 bits per heavy atom. The molecule has 0 spiro atoms.